The minimum absolute atomic E-state index is 0.315. The van der Waals surface area contributed by atoms with Crippen molar-refractivity contribution in [1.82, 2.24) is 10.6 Å². The number of aliphatic imine (C=N–C) groups is 1. The van der Waals surface area contributed by atoms with E-state index in [2.05, 4.69) is 52.9 Å². The Bertz CT molecular complexity index is 701. The van der Waals surface area contributed by atoms with E-state index in [0.717, 1.165) is 49.9 Å². The minimum atomic E-state index is 0.315. The molecule has 3 rings (SSSR count). The number of ether oxygens (including phenoxy) is 2. The zero-order valence-electron chi connectivity index (χ0n) is 14.6. The third kappa shape index (κ3) is 5.14. The highest BCUT2D eigenvalue weighted by atomic mass is 16.7. The maximum absolute atomic E-state index is 5.42. The number of hydrogen-bond donors (Lipinski definition) is 2. The molecule has 1 aliphatic rings. The van der Waals surface area contributed by atoms with Gasteiger partial charge in [-0.3, -0.25) is 4.99 Å². The Morgan fingerprint density at radius 3 is 2.64 bits per heavy atom. The fourth-order valence-electron chi connectivity index (χ4n) is 2.70. The van der Waals surface area contributed by atoms with Crippen LogP contribution in [0.25, 0.3) is 0 Å². The summed E-state index contributed by atoms with van der Waals surface area (Å²) in [5.41, 5.74) is 2.53. The van der Waals surface area contributed by atoms with Crippen LogP contribution in [0, 0.1) is 0 Å². The summed E-state index contributed by atoms with van der Waals surface area (Å²) < 4.78 is 10.8. The smallest absolute Gasteiger partial charge is 0.231 e. The molecule has 0 fully saturated rings. The van der Waals surface area contributed by atoms with Gasteiger partial charge in [0.1, 0.15) is 0 Å². The number of guanidine groups is 1. The van der Waals surface area contributed by atoms with Gasteiger partial charge in [0.05, 0.1) is 0 Å². The highest BCUT2D eigenvalue weighted by Crippen LogP contribution is 2.32. The molecule has 0 spiro atoms. The van der Waals surface area contributed by atoms with Gasteiger partial charge in [0.2, 0.25) is 6.79 Å². The zero-order valence-corrected chi connectivity index (χ0v) is 14.6. The molecule has 132 valence electrons. The predicted molar refractivity (Wildman–Crippen MR) is 100 cm³/mol. The van der Waals surface area contributed by atoms with Crippen LogP contribution in [0.3, 0.4) is 0 Å². The third-order valence-corrected chi connectivity index (χ3v) is 4.00. The predicted octanol–water partition coefficient (Wildman–Crippen LogP) is 2.76. The van der Waals surface area contributed by atoms with Crippen molar-refractivity contribution in [2.75, 3.05) is 26.4 Å². The molecule has 2 N–H and O–H groups in total. The first-order chi connectivity index (χ1) is 12.3. The van der Waals surface area contributed by atoms with Gasteiger partial charge < -0.3 is 20.1 Å². The van der Waals surface area contributed by atoms with Crippen LogP contribution in [0.1, 0.15) is 18.1 Å². The summed E-state index contributed by atoms with van der Waals surface area (Å²) in [5, 5.41) is 6.68. The van der Waals surface area contributed by atoms with E-state index in [1.807, 2.05) is 18.2 Å². The van der Waals surface area contributed by atoms with Crippen molar-refractivity contribution in [3.63, 3.8) is 0 Å². The third-order valence-electron chi connectivity index (χ3n) is 4.00. The number of rotatable bonds is 7. The fourth-order valence-corrected chi connectivity index (χ4v) is 2.70. The molecule has 0 unspecified atom stereocenters. The Kier molecular flexibility index (Phi) is 6.15. The van der Waals surface area contributed by atoms with Gasteiger partial charge >= 0.3 is 0 Å². The highest BCUT2D eigenvalue weighted by molar-refractivity contribution is 5.79. The molecule has 2 aromatic rings. The summed E-state index contributed by atoms with van der Waals surface area (Å²) in [6.45, 7) is 4.82. The quantitative estimate of drug-likeness (QED) is 0.602. The Hall–Kier alpha value is -2.69. The first kappa shape index (κ1) is 17.1. The van der Waals surface area contributed by atoms with Gasteiger partial charge in [-0.05, 0) is 43.0 Å². The van der Waals surface area contributed by atoms with Crippen LogP contribution in [0.4, 0.5) is 0 Å². The molecule has 0 amide bonds. The van der Waals surface area contributed by atoms with Gasteiger partial charge in [0.15, 0.2) is 17.5 Å². The molecule has 1 heterocycles. The van der Waals surface area contributed by atoms with Crippen molar-refractivity contribution >= 4 is 5.96 Å². The minimum Gasteiger partial charge on any atom is -0.454 e. The Morgan fingerprint density at radius 2 is 1.80 bits per heavy atom. The largest absolute Gasteiger partial charge is 0.454 e. The van der Waals surface area contributed by atoms with Crippen LogP contribution in [-0.4, -0.2) is 32.4 Å². The summed E-state index contributed by atoms with van der Waals surface area (Å²) in [7, 11) is 0. The molecule has 0 aliphatic carbocycles. The molecule has 2 aromatic carbocycles. The molecule has 0 atom stereocenters. The van der Waals surface area contributed by atoms with Gasteiger partial charge in [-0.15, -0.1) is 0 Å². The Labute approximate surface area is 149 Å². The number of benzene rings is 2. The van der Waals surface area contributed by atoms with E-state index in [1.165, 1.54) is 11.1 Å². The number of nitrogens with one attached hydrogen (secondary N) is 2. The van der Waals surface area contributed by atoms with Crippen LogP contribution in [-0.2, 0) is 12.8 Å². The van der Waals surface area contributed by atoms with Gasteiger partial charge in [0, 0.05) is 19.6 Å². The Balaban J connectivity index is 1.47. The van der Waals surface area contributed by atoms with Crippen molar-refractivity contribution in [1.29, 1.82) is 0 Å². The van der Waals surface area contributed by atoms with Gasteiger partial charge in [-0.2, -0.15) is 0 Å². The molecule has 0 saturated carbocycles. The van der Waals surface area contributed by atoms with Crippen LogP contribution >= 0.6 is 0 Å². The zero-order chi connectivity index (χ0) is 17.3. The van der Waals surface area contributed by atoms with Gasteiger partial charge in [0.25, 0.3) is 0 Å². The average molecular weight is 339 g/mol. The second-order valence-electron chi connectivity index (χ2n) is 5.86. The molecule has 25 heavy (non-hydrogen) atoms. The second-order valence-corrected chi connectivity index (χ2v) is 5.86. The van der Waals surface area contributed by atoms with Crippen LogP contribution in [0.15, 0.2) is 53.5 Å². The van der Waals surface area contributed by atoms with Crippen molar-refractivity contribution in [2.24, 2.45) is 4.99 Å². The van der Waals surface area contributed by atoms with Crippen molar-refractivity contribution in [3.05, 3.63) is 59.7 Å². The lowest BCUT2D eigenvalue weighted by molar-refractivity contribution is 0.174. The van der Waals surface area contributed by atoms with E-state index in [-0.39, 0.29) is 0 Å². The van der Waals surface area contributed by atoms with Crippen LogP contribution in [0.2, 0.25) is 0 Å². The molecule has 5 heteroatoms. The Morgan fingerprint density at radius 1 is 0.960 bits per heavy atom. The van der Waals surface area contributed by atoms with Crippen LogP contribution in [0.5, 0.6) is 11.5 Å². The lowest BCUT2D eigenvalue weighted by Crippen LogP contribution is -2.38. The number of hydrogen-bond acceptors (Lipinski definition) is 3. The average Bonchev–Trinajstić information content (AvgIpc) is 3.10. The van der Waals surface area contributed by atoms with E-state index in [0.29, 0.717) is 6.79 Å². The summed E-state index contributed by atoms with van der Waals surface area (Å²) in [4.78, 5) is 4.65. The second kappa shape index (κ2) is 8.97. The first-order valence-corrected chi connectivity index (χ1v) is 8.80. The summed E-state index contributed by atoms with van der Waals surface area (Å²) in [5.74, 6) is 2.52. The van der Waals surface area contributed by atoms with Crippen molar-refractivity contribution < 1.29 is 9.47 Å². The SMILES string of the molecule is CCNC(=NCCc1ccccc1)NCCc1ccc2c(c1)OCO2. The number of fused-ring (bicyclic) bond motifs is 1. The lowest BCUT2D eigenvalue weighted by Gasteiger charge is -2.11. The van der Waals surface area contributed by atoms with Gasteiger partial charge in [-0.1, -0.05) is 36.4 Å². The van der Waals surface area contributed by atoms with Crippen molar-refractivity contribution in [2.45, 2.75) is 19.8 Å². The molecule has 5 nitrogen and oxygen atoms in total. The molecule has 0 aromatic heterocycles. The van der Waals surface area contributed by atoms with E-state index in [4.69, 9.17) is 9.47 Å². The summed E-state index contributed by atoms with van der Waals surface area (Å²) in [6.07, 6.45) is 1.85. The standard InChI is InChI=1S/C20H25N3O2/c1-2-21-20(22-12-10-16-6-4-3-5-7-16)23-13-11-17-8-9-18-19(14-17)25-15-24-18/h3-9,14H,2,10-13,15H2,1H3,(H2,21,22,23). The summed E-state index contributed by atoms with van der Waals surface area (Å²) >= 11 is 0. The maximum atomic E-state index is 5.42. The summed E-state index contributed by atoms with van der Waals surface area (Å²) in [6, 6.07) is 16.5. The fraction of sp³-hybridized carbons (Fsp3) is 0.350. The monoisotopic (exact) mass is 339 g/mol. The van der Waals surface area contributed by atoms with Crippen LogP contribution < -0.4 is 20.1 Å². The topological polar surface area (TPSA) is 54.9 Å². The van der Waals surface area contributed by atoms with E-state index in [9.17, 15) is 0 Å². The molecule has 0 bridgehead atoms. The highest BCUT2D eigenvalue weighted by Gasteiger charge is 2.12. The molecule has 1 aliphatic heterocycles. The number of nitrogens with zero attached hydrogens (tertiary/aromatic N) is 1. The molecule has 0 radical (unpaired) electrons. The first-order valence-electron chi connectivity index (χ1n) is 8.80. The normalized spacial score (nSPS) is 12.9. The van der Waals surface area contributed by atoms with E-state index in [1.54, 1.807) is 0 Å². The van der Waals surface area contributed by atoms with E-state index >= 15 is 0 Å². The molecule has 0 saturated heterocycles. The molecular formula is C20H25N3O2. The maximum Gasteiger partial charge on any atom is 0.231 e. The van der Waals surface area contributed by atoms with Crippen molar-refractivity contribution in [3.8, 4) is 11.5 Å². The van der Waals surface area contributed by atoms with Gasteiger partial charge in [-0.25, -0.2) is 0 Å². The van der Waals surface area contributed by atoms with E-state index < -0.39 is 0 Å². The molecular weight excluding hydrogens is 314 g/mol. The lowest BCUT2D eigenvalue weighted by atomic mass is 10.1.